The molecule has 0 radical (unpaired) electrons. The van der Waals surface area contributed by atoms with Gasteiger partial charge in [-0.15, -0.1) is 0 Å². The quantitative estimate of drug-likeness (QED) is 0.398. The lowest BCUT2D eigenvalue weighted by Gasteiger charge is -2.26. The maximum atomic E-state index is 13.0. The zero-order valence-corrected chi connectivity index (χ0v) is 19.9. The van der Waals surface area contributed by atoms with Crippen LogP contribution in [0.2, 0.25) is 0 Å². The monoisotopic (exact) mass is 497 g/mol. The maximum absolute atomic E-state index is 13.0. The molecule has 10 heteroatoms. The van der Waals surface area contributed by atoms with Gasteiger partial charge in [-0.25, -0.2) is 19.1 Å². The van der Waals surface area contributed by atoms with Crippen LogP contribution in [0, 0.1) is 17.2 Å². The fraction of sp³-hybridized carbons (Fsp3) is 0.222. The Morgan fingerprint density at radius 2 is 1.70 bits per heavy atom. The van der Waals surface area contributed by atoms with Gasteiger partial charge in [-0.05, 0) is 36.4 Å². The Bertz CT molecular complexity index is 1480. The lowest BCUT2D eigenvalue weighted by Crippen LogP contribution is -2.37. The van der Waals surface area contributed by atoms with Crippen LogP contribution < -0.4 is 5.73 Å². The summed E-state index contributed by atoms with van der Waals surface area (Å²) in [5, 5.41) is 14.7. The molecule has 0 aliphatic carbocycles. The maximum Gasteiger partial charge on any atom is 0.338 e. The van der Waals surface area contributed by atoms with E-state index in [0.29, 0.717) is 22.3 Å². The highest BCUT2D eigenvalue weighted by atomic mass is 16.6. The van der Waals surface area contributed by atoms with Gasteiger partial charge in [-0.1, -0.05) is 43.3 Å². The number of benzene rings is 2. The van der Waals surface area contributed by atoms with Crippen LogP contribution in [0.15, 0.2) is 79.1 Å². The first-order chi connectivity index (χ1) is 17.9. The lowest BCUT2D eigenvalue weighted by atomic mass is 9.84. The summed E-state index contributed by atoms with van der Waals surface area (Å²) in [6, 6.07) is 22.6. The Balaban J connectivity index is 1.49. The molecule has 0 saturated carbocycles. The second kappa shape index (κ2) is 9.72. The van der Waals surface area contributed by atoms with Gasteiger partial charge in [-0.3, -0.25) is 0 Å². The fourth-order valence-corrected chi connectivity index (χ4v) is 4.57. The Morgan fingerprint density at radius 3 is 2.35 bits per heavy atom. The number of fused-ring (bicyclic) bond motifs is 1. The van der Waals surface area contributed by atoms with Crippen molar-refractivity contribution in [2.24, 2.45) is 5.92 Å². The van der Waals surface area contributed by atoms with Crippen molar-refractivity contribution < 1.29 is 23.8 Å². The number of esters is 2. The van der Waals surface area contributed by atoms with E-state index in [1.165, 1.54) is 10.8 Å². The largest absolute Gasteiger partial charge is 0.459 e. The third-order valence-corrected chi connectivity index (χ3v) is 6.51. The highest BCUT2D eigenvalue weighted by molar-refractivity contribution is 5.90. The summed E-state index contributed by atoms with van der Waals surface area (Å²) in [5.74, 6) is -1.57. The van der Waals surface area contributed by atoms with Crippen LogP contribution in [0.25, 0.3) is 5.52 Å². The SMILES string of the molecule is C[C@H]1[C@H](OC(=O)c2ccccc2)[C@@H](COC(=O)c2ccccc2)OC1(C#N)c1ccc2c(N)ncnn12. The van der Waals surface area contributed by atoms with E-state index in [1.807, 2.05) is 0 Å². The van der Waals surface area contributed by atoms with Crippen molar-refractivity contribution >= 4 is 23.3 Å². The number of nitriles is 1. The van der Waals surface area contributed by atoms with Gasteiger partial charge in [0.15, 0.2) is 5.82 Å². The van der Waals surface area contributed by atoms with Gasteiger partial charge in [0.2, 0.25) is 5.60 Å². The average Bonchev–Trinajstić information content (AvgIpc) is 3.49. The highest BCUT2D eigenvalue weighted by Crippen LogP contribution is 2.46. The standard InChI is InChI=1S/C27H23N5O5/c1-17-23(36-26(34)19-10-6-3-7-11-19)21(14-35-25(33)18-8-4-2-5-9-18)37-27(17,15-28)22-13-12-20-24(29)30-16-31-32(20)22/h2-13,16-17,21,23H,14H2,1H3,(H2,29,30,31)/t17-,21+,23-,27?/m0/s1. The molecule has 0 amide bonds. The van der Waals surface area contributed by atoms with E-state index in [0.717, 1.165) is 0 Å². The summed E-state index contributed by atoms with van der Waals surface area (Å²) < 4.78 is 19.2. The normalized spacial score (nSPS) is 22.9. The van der Waals surface area contributed by atoms with Crippen molar-refractivity contribution in [2.45, 2.75) is 24.7 Å². The molecule has 1 unspecified atom stereocenters. The van der Waals surface area contributed by atoms with E-state index >= 15 is 0 Å². The number of nitrogens with zero attached hydrogens (tertiary/aromatic N) is 4. The summed E-state index contributed by atoms with van der Waals surface area (Å²) in [6.45, 7) is 1.50. The fourth-order valence-electron chi connectivity index (χ4n) is 4.57. The van der Waals surface area contributed by atoms with Crippen molar-refractivity contribution in [2.75, 3.05) is 12.3 Å². The second-order valence-corrected chi connectivity index (χ2v) is 8.65. The van der Waals surface area contributed by atoms with E-state index in [2.05, 4.69) is 16.2 Å². The molecule has 186 valence electrons. The van der Waals surface area contributed by atoms with Gasteiger partial charge < -0.3 is 19.9 Å². The summed E-state index contributed by atoms with van der Waals surface area (Å²) in [6.07, 6.45) is -0.567. The number of hydrogen-bond acceptors (Lipinski definition) is 9. The summed E-state index contributed by atoms with van der Waals surface area (Å²) >= 11 is 0. The van der Waals surface area contributed by atoms with Crippen LogP contribution in [-0.4, -0.2) is 45.4 Å². The summed E-state index contributed by atoms with van der Waals surface area (Å²) in [7, 11) is 0. The molecule has 2 aromatic carbocycles. The van der Waals surface area contributed by atoms with E-state index in [4.69, 9.17) is 19.9 Å². The van der Waals surface area contributed by atoms with Gasteiger partial charge in [0, 0.05) is 5.92 Å². The molecular weight excluding hydrogens is 474 g/mol. The zero-order chi connectivity index (χ0) is 26.0. The van der Waals surface area contributed by atoms with Crippen LogP contribution in [0.5, 0.6) is 0 Å². The van der Waals surface area contributed by atoms with E-state index in [1.54, 1.807) is 79.7 Å². The van der Waals surface area contributed by atoms with Crippen LogP contribution in [0.4, 0.5) is 5.82 Å². The Kier molecular flexibility index (Phi) is 6.29. The van der Waals surface area contributed by atoms with Crippen molar-refractivity contribution in [1.82, 2.24) is 14.6 Å². The first-order valence-electron chi connectivity index (χ1n) is 11.6. The number of hydrogen-bond donors (Lipinski definition) is 1. The Morgan fingerprint density at radius 1 is 1.05 bits per heavy atom. The molecular formula is C27H23N5O5. The average molecular weight is 498 g/mol. The van der Waals surface area contributed by atoms with Crippen molar-refractivity contribution in [3.8, 4) is 6.07 Å². The molecule has 5 rings (SSSR count). The molecule has 1 fully saturated rings. The predicted octanol–water partition coefficient (Wildman–Crippen LogP) is 3.15. The first kappa shape index (κ1) is 24.0. The molecule has 1 saturated heterocycles. The van der Waals surface area contributed by atoms with Crippen molar-refractivity contribution in [1.29, 1.82) is 5.26 Å². The van der Waals surface area contributed by atoms with E-state index in [-0.39, 0.29) is 12.4 Å². The third kappa shape index (κ3) is 4.26. The van der Waals surface area contributed by atoms with Crippen molar-refractivity contribution in [3.05, 3.63) is 95.9 Å². The smallest absolute Gasteiger partial charge is 0.338 e. The number of ether oxygens (including phenoxy) is 3. The van der Waals surface area contributed by atoms with Gasteiger partial charge in [0.25, 0.3) is 0 Å². The van der Waals surface area contributed by atoms with Gasteiger partial charge in [0.05, 0.1) is 16.8 Å². The minimum absolute atomic E-state index is 0.236. The van der Waals surface area contributed by atoms with Gasteiger partial charge >= 0.3 is 11.9 Å². The van der Waals surface area contributed by atoms with Crippen LogP contribution in [0.3, 0.4) is 0 Å². The number of nitrogen functional groups attached to an aromatic ring is 1. The molecule has 4 aromatic rings. The Labute approximate surface area is 212 Å². The topological polar surface area (TPSA) is 142 Å². The van der Waals surface area contributed by atoms with E-state index in [9.17, 15) is 14.9 Å². The molecule has 1 aliphatic heterocycles. The molecule has 2 N–H and O–H groups in total. The second-order valence-electron chi connectivity index (χ2n) is 8.65. The lowest BCUT2D eigenvalue weighted by molar-refractivity contribution is -0.0640. The van der Waals surface area contributed by atoms with Gasteiger partial charge in [0.1, 0.15) is 36.7 Å². The third-order valence-electron chi connectivity index (χ3n) is 6.51. The Hall–Kier alpha value is -4.75. The minimum Gasteiger partial charge on any atom is -0.459 e. The number of rotatable bonds is 6. The number of aromatic nitrogens is 3. The zero-order valence-electron chi connectivity index (χ0n) is 19.9. The molecule has 3 heterocycles. The summed E-state index contributed by atoms with van der Waals surface area (Å²) in [4.78, 5) is 29.6. The predicted molar refractivity (Wildman–Crippen MR) is 131 cm³/mol. The molecule has 4 atom stereocenters. The highest BCUT2D eigenvalue weighted by Gasteiger charge is 2.58. The van der Waals surface area contributed by atoms with Crippen LogP contribution in [-0.2, 0) is 19.8 Å². The van der Waals surface area contributed by atoms with Gasteiger partial charge in [-0.2, -0.15) is 10.4 Å². The molecule has 2 aromatic heterocycles. The van der Waals surface area contributed by atoms with Crippen molar-refractivity contribution in [3.63, 3.8) is 0 Å². The first-order valence-corrected chi connectivity index (χ1v) is 11.6. The molecule has 37 heavy (non-hydrogen) atoms. The van der Waals surface area contributed by atoms with E-state index < -0.39 is 35.7 Å². The number of carbonyl (C=O) groups excluding carboxylic acids is 2. The molecule has 1 aliphatic rings. The molecule has 0 spiro atoms. The number of anilines is 1. The number of carbonyl (C=O) groups is 2. The van der Waals surface area contributed by atoms with Crippen LogP contribution in [0.1, 0.15) is 33.3 Å². The minimum atomic E-state index is -1.58. The summed E-state index contributed by atoms with van der Waals surface area (Å²) in [5.41, 5.74) is 6.00. The molecule has 10 nitrogen and oxygen atoms in total. The molecule has 0 bridgehead atoms. The van der Waals surface area contributed by atoms with Crippen LogP contribution >= 0.6 is 0 Å². The number of nitrogens with two attached hydrogens (primary N) is 1.